The highest BCUT2D eigenvalue weighted by molar-refractivity contribution is 5.94. The van der Waals surface area contributed by atoms with Crippen LogP contribution in [0.3, 0.4) is 0 Å². The number of hydrogen-bond acceptors (Lipinski definition) is 4. The number of nitrogens with zero attached hydrogens (tertiary/aromatic N) is 1. The zero-order valence-electron chi connectivity index (χ0n) is 13.4. The van der Waals surface area contributed by atoms with E-state index < -0.39 is 0 Å². The lowest BCUT2D eigenvalue weighted by Crippen LogP contribution is -2.29. The van der Waals surface area contributed by atoms with Crippen LogP contribution in [0.5, 0.6) is 11.5 Å². The monoisotopic (exact) mass is 324 g/mol. The Labute approximate surface area is 141 Å². The van der Waals surface area contributed by atoms with Crippen molar-refractivity contribution in [2.45, 2.75) is 37.8 Å². The lowest BCUT2D eigenvalue weighted by molar-refractivity contribution is 0.0849. The molecule has 1 atom stereocenters. The van der Waals surface area contributed by atoms with Gasteiger partial charge >= 0.3 is 0 Å². The number of hydrogen-bond donors (Lipinski definition) is 1. The van der Waals surface area contributed by atoms with Crippen molar-refractivity contribution in [2.75, 3.05) is 6.61 Å². The second-order valence-corrected chi connectivity index (χ2v) is 6.32. The number of aromatic nitrogens is 1. The van der Waals surface area contributed by atoms with Crippen molar-refractivity contribution in [1.29, 1.82) is 0 Å². The highest BCUT2D eigenvalue weighted by atomic mass is 16.6. The average Bonchev–Trinajstić information content (AvgIpc) is 3.44. The SMILES string of the molecule is O=C(NC1CC1)c1ccnc(CC[C@H]2COc3ccccc3O2)c1. The first-order valence-corrected chi connectivity index (χ1v) is 8.42. The van der Waals surface area contributed by atoms with Crippen LogP contribution < -0.4 is 14.8 Å². The number of carbonyl (C=O) groups excluding carboxylic acids is 1. The van der Waals surface area contributed by atoms with Gasteiger partial charge in [0.1, 0.15) is 12.7 Å². The minimum atomic E-state index is -0.00710. The molecule has 1 amide bonds. The van der Waals surface area contributed by atoms with Gasteiger partial charge < -0.3 is 14.8 Å². The predicted octanol–water partition coefficient (Wildman–Crippen LogP) is 2.75. The van der Waals surface area contributed by atoms with Gasteiger partial charge in [-0.15, -0.1) is 0 Å². The molecule has 1 aromatic carbocycles. The lowest BCUT2D eigenvalue weighted by atomic mass is 10.1. The summed E-state index contributed by atoms with van der Waals surface area (Å²) in [6.07, 6.45) is 5.43. The molecule has 1 N–H and O–H groups in total. The second kappa shape index (κ2) is 6.51. The molecular formula is C19H20N2O3. The number of nitrogens with one attached hydrogen (secondary N) is 1. The molecule has 0 spiro atoms. The van der Waals surface area contributed by atoms with Gasteiger partial charge in [0.15, 0.2) is 11.5 Å². The van der Waals surface area contributed by atoms with Gasteiger partial charge in [-0.1, -0.05) is 12.1 Å². The third-order valence-corrected chi connectivity index (χ3v) is 4.28. The summed E-state index contributed by atoms with van der Waals surface area (Å²) in [5.74, 6) is 1.58. The van der Waals surface area contributed by atoms with E-state index in [2.05, 4.69) is 10.3 Å². The number of fused-ring (bicyclic) bond motifs is 1. The molecule has 0 unspecified atom stereocenters. The maximum absolute atomic E-state index is 12.1. The van der Waals surface area contributed by atoms with Gasteiger partial charge in [-0.25, -0.2) is 0 Å². The Hall–Kier alpha value is -2.56. The summed E-state index contributed by atoms with van der Waals surface area (Å²) >= 11 is 0. The Kier molecular flexibility index (Phi) is 4.07. The molecule has 0 bridgehead atoms. The molecule has 1 fully saturated rings. The summed E-state index contributed by atoms with van der Waals surface area (Å²) in [5.41, 5.74) is 1.58. The third kappa shape index (κ3) is 3.50. The van der Waals surface area contributed by atoms with E-state index in [0.29, 0.717) is 18.2 Å². The fourth-order valence-electron chi connectivity index (χ4n) is 2.77. The number of benzene rings is 1. The number of rotatable bonds is 5. The molecular weight excluding hydrogens is 304 g/mol. The maximum Gasteiger partial charge on any atom is 0.251 e. The number of ether oxygens (including phenoxy) is 2. The van der Waals surface area contributed by atoms with Crippen molar-refractivity contribution < 1.29 is 14.3 Å². The molecule has 2 heterocycles. The van der Waals surface area contributed by atoms with E-state index in [1.807, 2.05) is 30.3 Å². The zero-order valence-corrected chi connectivity index (χ0v) is 13.4. The Bertz CT molecular complexity index is 743. The summed E-state index contributed by atoms with van der Waals surface area (Å²) < 4.78 is 11.7. The second-order valence-electron chi connectivity index (χ2n) is 6.32. The maximum atomic E-state index is 12.1. The number of para-hydroxylation sites is 2. The number of pyridine rings is 1. The molecule has 1 aliphatic carbocycles. The van der Waals surface area contributed by atoms with E-state index in [9.17, 15) is 4.79 Å². The summed E-state index contributed by atoms with van der Waals surface area (Å²) in [5, 5.41) is 3.00. The van der Waals surface area contributed by atoms with Crippen LogP contribution >= 0.6 is 0 Å². The Morgan fingerprint density at radius 1 is 1.21 bits per heavy atom. The Morgan fingerprint density at radius 3 is 2.88 bits per heavy atom. The van der Waals surface area contributed by atoms with Crippen LogP contribution in [0.2, 0.25) is 0 Å². The first-order valence-electron chi connectivity index (χ1n) is 8.42. The van der Waals surface area contributed by atoms with Crippen molar-refractivity contribution in [3.8, 4) is 11.5 Å². The van der Waals surface area contributed by atoms with Gasteiger partial charge in [-0.2, -0.15) is 0 Å². The topological polar surface area (TPSA) is 60.5 Å². The van der Waals surface area contributed by atoms with E-state index >= 15 is 0 Å². The molecule has 1 aliphatic heterocycles. The fraction of sp³-hybridized carbons (Fsp3) is 0.368. The molecule has 2 aliphatic rings. The molecule has 1 aromatic heterocycles. The van der Waals surface area contributed by atoms with Gasteiger partial charge in [-0.3, -0.25) is 9.78 Å². The van der Waals surface area contributed by atoms with Crippen LogP contribution in [0.4, 0.5) is 0 Å². The highest BCUT2D eigenvalue weighted by Crippen LogP contribution is 2.31. The van der Waals surface area contributed by atoms with Crippen molar-refractivity contribution >= 4 is 5.91 Å². The normalized spacial score (nSPS) is 18.9. The molecule has 1 saturated carbocycles. The van der Waals surface area contributed by atoms with Gasteiger partial charge in [0.2, 0.25) is 0 Å². The van der Waals surface area contributed by atoms with E-state index in [0.717, 1.165) is 42.9 Å². The van der Waals surface area contributed by atoms with Crippen molar-refractivity contribution in [3.05, 3.63) is 53.9 Å². The van der Waals surface area contributed by atoms with Gasteiger partial charge in [0, 0.05) is 23.5 Å². The highest BCUT2D eigenvalue weighted by Gasteiger charge is 2.24. The van der Waals surface area contributed by atoms with Crippen LogP contribution in [0, 0.1) is 0 Å². The predicted molar refractivity (Wildman–Crippen MR) is 89.4 cm³/mol. The number of amides is 1. The van der Waals surface area contributed by atoms with Crippen LogP contribution in [-0.2, 0) is 6.42 Å². The van der Waals surface area contributed by atoms with Crippen molar-refractivity contribution in [2.24, 2.45) is 0 Å². The van der Waals surface area contributed by atoms with Crippen LogP contribution in [0.1, 0.15) is 35.3 Å². The van der Waals surface area contributed by atoms with E-state index in [1.165, 1.54) is 0 Å². The molecule has 124 valence electrons. The Morgan fingerprint density at radius 2 is 2.04 bits per heavy atom. The quantitative estimate of drug-likeness (QED) is 0.919. The smallest absolute Gasteiger partial charge is 0.251 e. The van der Waals surface area contributed by atoms with Gasteiger partial charge in [-0.05, 0) is 49.9 Å². The molecule has 5 nitrogen and oxygen atoms in total. The molecule has 4 rings (SSSR count). The first-order chi connectivity index (χ1) is 11.8. The molecule has 2 aromatic rings. The van der Waals surface area contributed by atoms with Crippen molar-refractivity contribution in [1.82, 2.24) is 10.3 Å². The zero-order chi connectivity index (χ0) is 16.4. The standard InChI is InChI=1S/C19H20N2O3/c22-19(21-14-5-6-14)13-9-10-20-15(11-13)7-8-16-12-23-17-3-1-2-4-18(17)24-16/h1-4,9-11,14,16H,5-8,12H2,(H,21,22)/t16-/m0/s1. The third-order valence-electron chi connectivity index (χ3n) is 4.28. The summed E-state index contributed by atoms with van der Waals surface area (Å²) in [4.78, 5) is 16.5. The van der Waals surface area contributed by atoms with Crippen LogP contribution in [-0.4, -0.2) is 29.6 Å². The van der Waals surface area contributed by atoms with Gasteiger partial charge in [0.25, 0.3) is 5.91 Å². The number of aryl methyl sites for hydroxylation is 1. The average molecular weight is 324 g/mol. The minimum absolute atomic E-state index is 0.00523. The largest absolute Gasteiger partial charge is 0.486 e. The summed E-state index contributed by atoms with van der Waals surface area (Å²) in [6.45, 7) is 0.541. The minimum Gasteiger partial charge on any atom is -0.486 e. The van der Waals surface area contributed by atoms with Crippen LogP contribution in [0.15, 0.2) is 42.6 Å². The lowest BCUT2D eigenvalue weighted by Gasteiger charge is -2.26. The van der Waals surface area contributed by atoms with E-state index in [-0.39, 0.29) is 12.0 Å². The summed E-state index contributed by atoms with van der Waals surface area (Å²) in [6, 6.07) is 11.7. The Balaban J connectivity index is 1.35. The molecule has 24 heavy (non-hydrogen) atoms. The molecule has 0 saturated heterocycles. The van der Waals surface area contributed by atoms with E-state index in [4.69, 9.17) is 9.47 Å². The number of carbonyl (C=O) groups is 1. The van der Waals surface area contributed by atoms with Crippen molar-refractivity contribution in [3.63, 3.8) is 0 Å². The van der Waals surface area contributed by atoms with Gasteiger partial charge in [0.05, 0.1) is 0 Å². The first kappa shape index (κ1) is 15.0. The molecule has 0 radical (unpaired) electrons. The molecule has 5 heteroatoms. The fourth-order valence-corrected chi connectivity index (χ4v) is 2.77. The van der Waals surface area contributed by atoms with E-state index in [1.54, 1.807) is 12.3 Å². The summed E-state index contributed by atoms with van der Waals surface area (Å²) in [7, 11) is 0. The van der Waals surface area contributed by atoms with Crippen LogP contribution in [0.25, 0.3) is 0 Å².